The first-order valence-electron chi connectivity index (χ1n) is 9.05. The summed E-state index contributed by atoms with van der Waals surface area (Å²) in [5, 5.41) is 0. The Morgan fingerprint density at radius 1 is 0.840 bits per heavy atom. The van der Waals surface area contributed by atoms with Crippen molar-refractivity contribution in [2.24, 2.45) is 0 Å². The summed E-state index contributed by atoms with van der Waals surface area (Å²) >= 11 is 0. The van der Waals surface area contributed by atoms with Gasteiger partial charge in [0.1, 0.15) is 11.5 Å². The fourth-order valence-corrected chi connectivity index (χ4v) is 2.99. The van der Waals surface area contributed by atoms with Gasteiger partial charge in [-0.15, -0.1) is 0 Å². The summed E-state index contributed by atoms with van der Waals surface area (Å²) < 4.78 is 11.0. The smallest absolute Gasteiger partial charge is 0.394 e. The first kappa shape index (κ1) is 19.0. The maximum atomic E-state index is 12.3. The molecule has 0 bridgehead atoms. The van der Waals surface area contributed by atoms with E-state index in [1.165, 1.54) is 11.1 Å². The molecule has 134 valence electrons. The molecule has 0 atom stereocenters. The second-order valence-corrected chi connectivity index (χ2v) is 6.48. The van der Waals surface area contributed by atoms with Gasteiger partial charge >= 0.3 is 6.16 Å². The van der Waals surface area contributed by atoms with Crippen LogP contribution in [-0.2, 0) is 12.8 Å². The lowest BCUT2D eigenvalue weighted by Gasteiger charge is -2.15. The molecule has 2 aromatic rings. The molecule has 0 saturated carbocycles. The largest absolute Gasteiger partial charge is 0.519 e. The zero-order valence-electron chi connectivity index (χ0n) is 15.9. The van der Waals surface area contributed by atoms with Crippen LogP contribution >= 0.6 is 0 Å². The Kier molecular flexibility index (Phi) is 6.63. The Hall–Kier alpha value is -2.29. The fraction of sp³-hybridized carbons (Fsp3) is 0.409. The van der Waals surface area contributed by atoms with Crippen LogP contribution in [0.2, 0.25) is 0 Å². The lowest BCUT2D eigenvalue weighted by Crippen LogP contribution is -2.16. The molecule has 0 aliphatic heterocycles. The zero-order chi connectivity index (χ0) is 18.4. The monoisotopic (exact) mass is 340 g/mol. The fourth-order valence-electron chi connectivity index (χ4n) is 2.99. The van der Waals surface area contributed by atoms with Gasteiger partial charge in [-0.1, -0.05) is 44.9 Å². The molecule has 3 nitrogen and oxygen atoms in total. The average molecular weight is 340 g/mol. The molecule has 0 amide bonds. The average Bonchev–Trinajstić information content (AvgIpc) is 2.58. The lowest BCUT2D eigenvalue weighted by molar-refractivity contribution is 0.151. The topological polar surface area (TPSA) is 35.5 Å². The third kappa shape index (κ3) is 4.62. The van der Waals surface area contributed by atoms with Crippen molar-refractivity contribution < 1.29 is 14.3 Å². The Morgan fingerprint density at radius 2 is 1.52 bits per heavy atom. The summed E-state index contributed by atoms with van der Waals surface area (Å²) in [6, 6.07) is 9.67. The van der Waals surface area contributed by atoms with Crippen LogP contribution in [0.5, 0.6) is 11.5 Å². The van der Waals surface area contributed by atoms with Gasteiger partial charge in [-0.3, -0.25) is 0 Å². The number of aryl methyl sites for hydroxylation is 2. The van der Waals surface area contributed by atoms with Crippen LogP contribution in [0.15, 0.2) is 30.3 Å². The van der Waals surface area contributed by atoms with E-state index >= 15 is 0 Å². The molecule has 0 aromatic heterocycles. The normalized spacial score (nSPS) is 10.6. The quantitative estimate of drug-likeness (QED) is 0.471. The Bertz CT molecular complexity index is 747. The molecule has 0 spiro atoms. The number of ether oxygens (including phenoxy) is 2. The maximum absolute atomic E-state index is 12.3. The van der Waals surface area contributed by atoms with Gasteiger partial charge in [-0.2, -0.15) is 0 Å². The molecule has 0 saturated heterocycles. The highest BCUT2D eigenvalue weighted by molar-refractivity contribution is 5.69. The van der Waals surface area contributed by atoms with Crippen LogP contribution in [0.25, 0.3) is 0 Å². The minimum Gasteiger partial charge on any atom is -0.394 e. The predicted molar refractivity (Wildman–Crippen MR) is 102 cm³/mol. The van der Waals surface area contributed by atoms with Gasteiger partial charge in [0.05, 0.1) is 0 Å². The third-order valence-electron chi connectivity index (χ3n) is 4.64. The number of benzene rings is 2. The van der Waals surface area contributed by atoms with Crippen LogP contribution in [0.3, 0.4) is 0 Å². The lowest BCUT2D eigenvalue weighted by atomic mass is 9.99. The Morgan fingerprint density at radius 3 is 2.20 bits per heavy atom. The van der Waals surface area contributed by atoms with Crippen molar-refractivity contribution in [1.82, 2.24) is 0 Å². The summed E-state index contributed by atoms with van der Waals surface area (Å²) in [6.07, 6.45) is 3.26. The molecule has 3 heteroatoms. The minimum atomic E-state index is -0.683. The first-order chi connectivity index (χ1) is 12.0. The highest BCUT2D eigenvalue weighted by Gasteiger charge is 2.15. The molecular formula is C22H28O3. The summed E-state index contributed by atoms with van der Waals surface area (Å²) in [5.74, 6) is 1.16. The summed E-state index contributed by atoms with van der Waals surface area (Å²) in [6.45, 7) is 10.3. The summed E-state index contributed by atoms with van der Waals surface area (Å²) in [5.41, 5.74) is 5.63. The molecule has 2 rings (SSSR count). The van der Waals surface area contributed by atoms with Crippen molar-refractivity contribution in [2.75, 3.05) is 0 Å². The number of carbonyl (C=O) groups is 1. The van der Waals surface area contributed by atoms with Crippen LogP contribution in [0.1, 0.15) is 54.5 Å². The van der Waals surface area contributed by atoms with E-state index in [4.69, 9.17) is 9.47 Å². The minimum absolute atomic E-state index is 0.551. The summed E-state index contributed by atoms with van der Waals surface area (Å²) in [7, 11) is 0. The van der Waals surface area contributed by atoms with E-state index in [1.54, 1.807) is 0 Å². The zero-order valence-corrected chi connectivity index (χ0v) is 15.9. The highest BCUT2D eigenvalue weighted by atomic mass is 16.7. The van der Waals surface area contributed by atoms with Gasteiger partial charge < -0.3 is 9.47 Å². The third-order valence-corrected chi connectivity index (χ3v) is 4.64. The van der Waals surface area contributed by atoms with Gasteiger partial charge in [0.15, 0.2) is 0 Å². The van der Waals surface area contributed by atoms with Gasteiger partial charge in [0, 0.05) is 0 Å². The van der Waals surface area contributed by atoms with E-state index in [0.29, 0.717) is 11.5 Å². The van der Waals surface area contributed by atoms with E-state index in [9.17, 15) is 4.79 Å². The first-order valence-corrected chi connectivity index (χ1v) is 9.05. The maximum Gasteiger partial charge on any atom is 0.519 e. The van der Waals surface area contributed by atoms with Crippen LogP contribution in [0, 0.1) is 20.8 Å². The molecule has 0 aliphatic carbocycles. The summed E-state index contributed by atoms with van der Waals surface area (Å²) in [4.78, 5) is 12.3. The van der Waals surface area contributed by atoms with E-state index in [1.807, 2.05) is 45.0 Å². The van der Waals surface area contributed by atoms with Gasteiger partial charge in [-0.25, -0.2) is 4.79 Å². The number of hydrogen-bond donors (Lipinski definition) is 0. The van der Waals surface area contributed by atoms with Crippen molar-refractivity contribution in [3.05, 3.63) is 58.1 Å². The molecule has 0 aliphatic rings. The molecule has 0 unspecified atom stereocenters. The van der Waals surface area contributed by atoms with E-state index < -0.39 is 6.16 Å². The number of hydrogen-bond acceptors (Lipinski definition) is 3. The van der Waals surface area contributed by atoms with Crippen molar-refractivity contribution >= 4 is 6.16 Å². The molecule has 0 N–H and O–H groups in total. The molecule has 0 fully saturated rings. The number of carbonyl (C=O) groups excluding carboxylic acids is 1. The highest BCUT2D eigenvalue weighted by Crippen LogP contribution is 2.27. The van der Waals surface area contributed by atoms with Gasteiger partial charge in [-0.05, 0) is 73.6 Å². The van der Waals surface area contributed by atoms with Crippen molar-refractivity contribution in [3.63, 3.8) is 0 Å². The van der Waals surface area contributed by atoms with Crippen molar-refractivity contribution in [1.29, 1.82) is 0 Å². The molecule has 25 heavy (non-hydrogen) atoms. The van der Waals surface area contributed by atoms with Gasteiger partial charge in [0.2, 0.25) is 0 Å². The van der Waals surface area contributed by atoms with Gasteiger partial charge in [0.25, 0.3) is 0 Å². The second kappa shape index (κ2) is 8.70. The van der Waals surface area contributed by atoms with Crippen molar-refractivity contribution in [3.8, 4) is 11.5 Å². The molecular weight excluding hydrogens is 312 g/mol. The van der Waals surface area contributed by atoms with Crippen LogP contribution < -0.4 is 9.47 Å². The SMILES string of the molecule is CCCc1cccc(OC(=O)Oc2ccc(C)c(C)c2C)c1CCC. The van der Waals surface area contributed by atoms with Crippen LogP contribution in [-0.4, -0.2) is 6.16 Å². The Balaban J connectivity index is 2.20. The van der Waals surface area contributed by atoms with E-state index in [0.717, 1.165) is 42.4 Å². The number of rotatable bonds is 6. The molecule has 0 heterocycles. The van der Waals surface area contributed by atoms with Crippen LogP contribution in [0.4, 0.5) is 4.79 Å². The molecule has 2 aromatic carbocycles. The second-order valence-electron chi connectivity index (χ2n) is 6.48. The standard InChI is InChI=1S/C22H28O3/c1-6-9-18-11-8-12-21(19(18)10-7-2)25-22(23)24-20-14-13-15(3)16(4)17(20)5/h8,11-14H,6-7,9-10H2,1-5H3. The Labute approximate surface area is 151 Å². The predicted octanol–water partition coefficient (Wildman–Crippen LogP) is 6.09. The van der Waals surface area contributed by atoms with E-state index in [-0.39, 0.29) is 0 Å². The molecule has 0 radical (unpaired) electrons. The van der Waals surface area contributed by atoms with E-state index in [2.05, 4.69) is 19.9 Å². The van der Waals surface area contributed by atoms with Crippen molar-refractivity contribution in [2.45, 2.75) is 60.3 Å².